The minimum atomic E-state index is -3.83. The molecule has 0 aliphatic rings. The first-order valence-corrected chi connectivity index (χ1v) is 8.96. The Hall–Kier alpha value is -1.15. The van der Waals surface area contributed by atoms with Crippen LogP contribution in [0, 0.1) is 0 Å². The van der Waals surface area contributed by atoms with Crippen LogP contribution in [0.5, 0.6) is 0 Å². The number of sulfonamides is 1. The number of methoxy groups -OCH3 is 1. The second-order valence-electron chi connectivity index (χ2n) is 6.33. The summed E-state index contributed by atoms with van der Waals surface area (Å²) in [4.78, 5) is 12.1. The van der Waals surface area contributed by atoms with Gasteiger partial charge in [-0.15, -0.1) is 0 Å². The number of rotatable bonds is 6. The Morgan fingerprint density at radius 1 is 1.35 bits per heavy atom. The summed E-state index contributed by atoms with van der Waals surface area (Å²) in [6.07, 6.45) is 0. The Morgan fingerprint density at radius 2 is 1.96 bits per heavy atom. The van der Waals surface area contributed by atoms with Crippen molar-refractivity contribution in [2.75, 3.05) is 13.7 Å². The van der Waals surface area contributed by atoms with E-state index in [1.54, 1.807) is 27.7 Å². The standard InChI is InChI=1S/C15H23ClN2O4S/c1-10(9-22-5)17-14(19)11-6-7-12(16)13(8-11)23(20,21)18-15(2,3)4/h6-8,10,18H,9H2,1-5H3,(H,17,19). The number of benzene rings is 1. The zero-order valence-electron chi connectivity index (χ0n) is 13.9. The molecule has 23 heavy (non-hydrogen) atoms. The van der Waals surface area contributed by atoms with Gasteiger partial charge in [-0.2, -0.15) is 0 Å². The summed E-state index contributed by atoms with van der Waals surface area (Å²) in [6.45, 7) is 7.32. The lowest BCUT2D eigenvalue weighted by Gasteiger charge is -2.21. The van der Waals surface area contributed by atoms with Crippen molar-refractivity contribution in [3.05, 3.63) is 28.8 Å². The fourth-order valence-electron chi connectivity index (χ4n) is 1.91. The number of hydrogen-bond donors (Lipinski definition) is 2. The van der Waals surface area contributed by atoms with Crippen molar-refractivity contribution in [2.24, 2.45) is 0 Å². The summed E-state index contributed by atoms with van der Waals surface area (Å²) < 4.78 is 32.3. The van der Waals surface area contributed by atoms with Crippen molar-refractivity contribution in [3.63, 3.8) is 0 Å². The highest BCUT2D eigenvalue weighted by atomic mass is 35.5. The fourth-order valence-corrected chi connectivity index (χ4v) is 3.85. The molecule has 0 saturated heterocycles. The number of nitrogens with one attached hydrogen (secondary N) is 2. The van der Waals surface area contributed by atoms with Gasteiger partial charge in [-0.1, -0.05) is 11.6 Å². The van der Waals surface area contributed by atoms with Crippen LogP contribution in [0.25, 0.3) is 0 Å². The highest BCUT2D eigenvalue weighted by Gasteiger charge is 2.25. The van der Waals surface area contributed by atoms with Crippen molar-refractivity contribution >= 4 is 27.5 Å². The van der Waals surface area contributed by atoms with E-state index in [4.69, 9.17) is 16.3 Å². The molecule has 0 fully saturated rings. The molecule has 0 spiro atoms. The van der Waals surface area contributed by atoms with Gasteiger partial charge in [0.05, 0.1) is 11.6 Å². The molecule has 6 nitrogen and oxygen atoms in total. The Labute approximate surface area is 142 Å². The van der Waals surface area contributed by atoms with Gasteiger partial charge in [0.2, 0.25) is 10.0 Å². The third kappa shape index (κ3) is 6.10. The van der Waals surface area contributed by atoms with Gasteiger partial charge in [0, 0.05) is 24.3 Å². The van der Waals surface area contributed by atoms with Crippen LogP contribution in [0.2, 0.25) is 5.02 Å². The topological polar surface area (TPSA) is 84.5 Å². The first-order valence-electron chi connectivity index (χ1n) is 7.09. The molecule has 1 unspecified atom stereocenters. The second kappa shape index (κ2) is 7.61. The van der Waals surface area contributed by atoms with Gasteiger partial charge < -0.3 is 10.1 Å². The minimum Gasteiger partial charge on any atom is -0.383 e. The fraction of sp³-hybridized carbons (Fsp3) is 0.533. The van der Waals surface area contributed by atoms with Crippen LogP contribution in [0.4, 0.5) is 0 Å². The van der Waals surface area contributed by atoms with Gasteiger partial charge in [0.25, 0.3) is 5.91 Å². The summed E-state index contributed by atoms with van der Waals surface area (Å²) in [7, 11) is -2.29. The molecular weight excluding hydrogens is 340 g/mol. The predicted octanol–water partition coefficient (Wildman–Crippen LogP) is 2.18. The van der Waals surface area contributed by atoms with E-state index in [0.717, 1.165) is 0 Å². The van der Waals surface area contributed by atoms with Crippen molar-refractivity contribution in [2.45, 2.75) is 44.2 Å². The maximum atomic E-state index is 12.4. The molecule has 0 bridgehead atoms. The summed E-state index contributed by atoms with van der Waals surface area (Å²) in [6, 6.07) is 3.95. The van der Waals surface area contributed by atoms with E-state index >= 15 is 0 Å². The molecule has 0 aromatic heterocycles. The van der Waals surface area contributed by atoms with Crippen LogP contribution in [-0.2, 0) is 14.8 Å². The van der Waals surface area contributed by atoms with Gasteiger partial charge in [0.15, 0.2) is 0 Å². The average molecular weight is 363 g/mol. The van der Waals surface area contributed by atoms with Crippen LogP contribution in [0.1, 0.15) is 38.1 Å². The summed E-state index contributed by atoms with van der Waals surface area (Å²) in [5, 5.41) is 2.78. The largest absolute Gasteiger partial charge is 0.383 e. The van der Waals surface area contributed by atoms with Gasteiger partial charge in [-0.3, -0.25) is 4.79 Å². The van der Waals surface area contributed by atoms with E-state index in [1.807, 2.05) is 0 Å². The lowest BCUT2D eigenvalue weighted by Crippen LogP contribution is -2.40. The zero-order chi connectivity index (χ0) is 17.8. The van der Waals surface area contributed by atoms with Gasteiger partial charge in [0.1, 0.15) is 4.90 Å². The number of amides is 1. The highest BCUT2D eigenvalue weighted by molar-refractivity contribution is 7.89. The number of halogens is 1. The molecule has 0 aliphatic carbocycles. The van der Waals surface area contributed by atoms with E-state index in [-0.39, 0.29) is 21.5 Å². The molecule has 1 aromatic carbocycles. The molecule has 1 amide bonds. The van der Waals surface area contributed by atoms with Crippen molar-refractivity contribution < 1.29 is 17.9 Å². The molecule has 1 atom stereocenters. The van der Waals surface area contributed by atoms with E-state index in [9.17, 15) is 13.2 Å². The summed E-state index contributed by atoms with van der Waals surface area (Å²) in [5.41, 5.74) is -0.445. The SMILES string of the molecule is COCC(C)NC(=O)c1ccc(Cl)c(S(=O)(=O)NC(C)(C)C)c1. The van der Waals surface area contributed by atoms with Crippen LogP contribution in [0.15, 0.2) is 23.1 Å². The predicted molar refractivity (Wildman–Crippen MR) is 90.3 cm³/mol. The second-order valence-corrected chi connectivity index (χ2v) is 8.39. The molecule has 0 radical (unpaired) electrons. The molecule has 0 saturated carbocycles. The molecule has 0 heterocycles. The molecule has 1 aromatic rings. The van der Waals surface area contributed by atoms with E-state index < -0.39 is 21.5 Å². The van der Waals surface area contributed by atoms with E-state index in [2.05, 4.69) is 10.0 Å². The molecule has 2 N–H and O–H groups in total. The molecule has 130 valence electrons. The molecule has 8 heteroatoms. The van der Waals surface area contributed by atoms with Gasteiger partial charge in [-0.05, 0) is 45.9 Å². The molecule has 1 rings (SSSR count). The first kappa shape index (κ1) is 19.9. The third-order valence-electron chi connectivity index (χ3n) is 2.72. The zero-order valence-corrected chi connectivity index (χ0v) is 15.5. The van der Waals surface area contributed by atoms with Crippen LogP contribution in [-0.4, -0.2) is 39.6 Å². The summed E-state index contributed by atoms with van der Waals surface area (Å²) in [5.74, 6) is -0.390. The van der Waals surface area contributed by atoms with Gasteiger partial charge in [-0.25, -0.2) is 13.1 Å². The maximum absolute atomic E-state index is 12.4. The molecular formula is C15H23ClN2O4S. The smallest absolute Gasteiger partial charge is 0.251 e. The van der Waals surface area contributed by atoms with Crippen LogP contribution in [0.3, 0.4) is 0 Å². The van der Waals surface area contributed by atoms with Crippen LogP contribution < -0.4 is 10.0 Å². The minimum absolute atomic E-state index is 0.0586. The monoisotopic (exact) mass is 362 g/mol. The van der Waals surface area contributed by atoms with E-state index in [0.29, 0.717) is 6.61 Å². The van der Waals surface area contributed by atoms with E-state index in [1.165, 1.54) is 25.3 Å². The quantitative estimate of drug-likeness (QED) is 0.812. The molecule has 0 aliphatic heterocycles. The van der Waals surface area contributed by atoms with Crippen LogP contribution >= 0.6 is 11.6 Å². The summed E-state index contributed by atoms with van der Waals surface area (Å²) >= 11 is 6.00. The van der Waals surface area contributed by atoms with Crippen molar-refractivity contribution in [1.29, 1.82) is 0 Å². The number of hydrogen-bond acceptors (Lipinski definition) is 4. The third-order valence-corrected chi connectivity index (χ3v) is 4.96. The number of carbonyl (C=O) groups is 1. The van der Waals surface area contributed by atoms with Crippen molar-refractivity contribution in [1.82, 2.24) is 10.0 Å². The number of ether oxygens (including phenoxy) is 1. The number of carbonyl (C=O) groups excluding carboxylic acids is 1. The Balaban J connectivity index is 3.11. The lowest BCUT2D eigenvalue weighted by molar-refractivity contribution is 0.0905. The Morgan fingerprint density at radius 3 is 2.48 bits per heavy atom. The maximum Gasteiger partial charge on any atom is 0.251 e. The lowest BCUT2D eigenvalue weighted by atomic mass is 10.1. The highest BCUT2D eigenvalue weighted by Crippen LogP contribution is 2.24. The van der Waals surface area contributed by atoms with Crippen molar-refractivity contribution in [3.8, 4) is 0 Å². The Bertz CT molecular complexity index is 669. The Kier molecular flexibility index (Phi) is 6.59. The normalized spacial score (nSPS) is 13.7. The average Bonchev–Trinajstić information content (AvgIpc) is 2.36. The first-order chi connectivity index (χ1) is 10.5. The van der Waals surface area contributed by atoms with Gasteiger partial charge >= 0.3 is 0 Å².